The fraction of sp³-hybridized carbons (Fsp3) is 0.455. The van der Waals surface area contributed by atoms with Gasteiger partial charge in [0.25, 0.3) is 0 Å². The Hall–Kier alpha value is -0.530. The van der Waals surface area contributed by atoms with E-state index in [1.807, 2.05) is 0 Å². The second-order valence-electron chi connectivity index (χ2n) is 3.87. The van der Waals surface area contributed by atoms with E-state index in [0.717, 1.165) is 6.42 Å². The van der Waals surface area contributed by atoms with Gasteiger partial charge in [-0.3, -0.25) is 0 Å². The fourth-order valence-corrected chi connectivity index (χ4v) is 3.25. The first-order chi connectivity index (χ1) is 8.90. The highest BCUT2D eigenvalue weighted by Crippen LogP contribution is 2.32. The highest BCUT2D eigenvalue weighted by molar-refractivity contribution is 7.89. The molecule has 0 fully saturated rings. The monoisotopic (exact) mass is 326 g/mol. The van der Waals surface area contributed by atoms with Gasteiger partial charge in [-0.1, -0.05) is 23.2 Å². The average Bonchev–Trinajstić information content (AvgIpc) is 2.35. The summed E-state index contributed by atoms with van der Waals surface area (Å²) >= 11 is 11.7. The van der Waals surface area contributed by atoms with E-state index in [4.69, 9.17) is 33.7 Å². The lowest BCUT2D eigenvalue weighted by Crippen LogP contribution is -2.25. The molecule has 0 aliphatic carbocycles. The van der Waals surface area contributed by atoms with Crippen LogP contribution in [0, 0.1) is 0 Å². The summed E-state index contributed by atoms with van der Waals surface area (Å²) in [6.45, 7) is 0.904. The van der Waals surface area contributed by atoms with Crippen LogP contribution in [0.4, 0.5) is 5.69 Å². The average molecular weight is 327 g/mol. The molecule has 0 bridgehead atoms. The summed E-state index contributed by atoms with van der Waals surface area (Å²) in [7, 11) is -2.08. The van der Waals surface area contributed by atoms with Gasteiger partial charge in [-0.15, -0.1) is 0 Å². The van der Waals surface area contributed by atoms with Gasteiger partial charge in [0.05, 0.1) is 15.7 Å². The van der Waals surface area contributed by atoms with Crippen LogP contribution in [-0.4, -0.2) is 28.7 Å². The number of benzene rings is 1. The Kier molecular flexibility index (Phi) is 6.35. The molecule has 0 unspecified atom stereocenters. The highest BCUT2D eigenvalue weighted by atomic mass is 35.5. The zero-order valence-corrected chi connectivity index (χ0v) is 12.8. The van der Waals surface area contributed by atoms with Crippen LogP contribution in [0.2, 0.25) is 10.0 Å². The van der Waals surface area contributed by atoms with Gasteiger partial charge in [0.1, 0.15) is 4.90 Å². The van der Waals surface area contributed by atoms with Crippen LogP contribution in [0.25, 0.3) is 0 Å². The number of nitrogens with one attached hydrogen (secondary N) is 1. The topological polar surface area (TPSA) is 81.4 Å². The maximum absolute atomic E-state index is 12.0. The summed E-state index contributed by atoms with van der Waals surface area (Å²) in [6.07, 6.45) is 1.45. The zero-order valence-electron chi connectivity index (χ0n) is 10.4. The van der Waals surface area contributed by atoms with Crippen molar-refractivity contribution in [2.75, 3.05) is 26.0 Å². The van der Waals surface area contributed by atoms with Crippen molar-refractivity contribution < 1.29 is 13.2 Å². The maximum atomic E-state index is 12.0. The third kappa shape index (κ3) is 4.50. The molecule has 19 heavy (non-hydrogen) atoms. The molecule has 8 heteroatoms. The zero-order chi connectivity index (χ0) is 14.5. The predicted octanol–water partition coefficient (Wildman–Crippen LogP) is 2.28. The van der Waals surface area contributed by atoms with E-state index >= 15 is 0 Å². The normalized spacial score (nSPS) is 11.7. The largest absolute Gasteiger partial charge is 0.396 e. The van der Waals surface area contributed by atoms with Crippen LogP contribution in [0.5, 0.6) is 0 Å². The predicted molar refractivity (Wildman–Crippen MR) is 77.2 cm³/mol. The Morgan fingerprint density at radius 2 is 2.00 bits per heavy atom. The Bertz CT molecular complexity index is 535. The SMILES string of the molecule is COCCCCNS(=O)(=O)c1ccc(Cl)c(N)c1Cl. The molecule has 0 atom stereocenters. The standard InChI is InChI=1S/C11H16Cl2N2O3S/c1-18-7-3-2-6-15-19(16,17)9-5-4-8(12)11(14)10(9)13/h4-5,15H,2-3,6-7,14H2,1H3. The smallest absolute Gasteiger partial charge is 0.242 e. The molecule has 0 saturated carbocycles. The van der Waals surface area contributed by atoms with E-state index in [1.165, 1.54) is 12.1 Å². The minimum Gasteiger partial charge on any atom is -0.396 e. The lowest BCUT2D eigenvalue weighted by Gasteiger charge is -2.10. The summed E-state index contributed by atoms with van der Waals surface area (Å²) in [5.74, 6) is 0. The number of hydrogen-bond acceptors (Lipinski definition) is 4. The number of methoxy groups -OCH3 is 1. The van der Waals surface area contributed by atoms with Crippen LogP contribution >= 0.6 is 23.2 Å². The van der Waals surface area contributed by atoms with Gasteiger partial charge in [0.2, 0.25) is 10.0 Å². The summed E-state index contributed by atoms with van der Waals surface area (Å²) in [5.41, 5.74) is 5.66. The lowest BCUT2D eigenvalue weighted by molar-refractivity contribution is 0.193. The van der Waals surface area contributed by atoms with E-state index in [9.17, 15) is 8.42 Å². The number of nitrogen functional groups attached to an aromatic ring is 1. The van der Waals surface area contributed by atoms with E-state index in [1.54, 1.807) is 7.11 Å². The van der Waals surface area contributed by atoms with Crippen molar-refractivity contribution >= 4 is 38.9 Å². The molecule has 1 aromatic rings. The molecule has 5 nitrogen and oxygen atoms in total. The van der Waals surface area contributed by atoms with E-state index < -0.39 is 10.0 Å². The van der Waals surface area contributed by atoms with Gasteiger partial charge < -0.3 is 10.5 Å². The second-order valence-corrected chi connectivity index (χ2v) is 6.39. The number of sulfonamides is 1. The van der Waals surface area contributed by atoms with Crippen molar-refractivity contribution in [3.63, 3.8) is 0 Å². The van der Waals surface area contributed by atoms with Gasteiger partial charge in [-0.2, -0.15) is 0 Å². The highest BCUT2D eigenvalue weighted by Gasteiger charge is 2.20. The van der Waals surface area contributed by atoms with Gasteiger partial charge in [-0.25, -0.2) is 13.1 Å². The third-order valence-corrected chi connectivity index (χ3v) is 4.80. The van der Waals surface area contributed by atoms with E-state index in [0.29, 0.717) is 19.6 Å². The number of ether oxygens (including phenoxy) is 1. The van der Waals surface area contributed by atoms with Crippen molar-refractivity contribution in [3.8, 4) is 0 Å². The third-order valence-electron chi connectivity index (χ3n) is 2.45. The molecule has 0 aliphatic rings. The first kappa shape index (κ1) is 16.5. The Morgan fingerprint density at radius 3 is 2.63 bits per heavy atom. The number of unbranched alkanes of at least 4 members (excludes halogenated alkanes) is 1. The minimum atomic E-state index is -3.68. The van der Waals surface area contributed by atoms with Crippen LogP contribution < -0.4 is 10.5 Å². The molecule has 0 heterocycles. The summed E-state index contributed by atoms with van der Waals surface area (Å²) in [5, 5.41) is 0.168. The van der Waals surface area contributed by atoms with Crippen molar-refractivity contribution in [3.05, 3.63) is 22.2 Å². The number of halogens is 2. The van der Waals surface area contributed by atoms with Crippen molar-refractivity contribution in [2.24, 2.45) is 0 Å². The maximum Gasteiger partial charge on any atom is 0.242 e. The van der Waals surface area contributed by atoms with Crippen molar-refractivity contribution in [2.45, 2.75) is 17.7 Å². The van der Waals surface area contributed by atoms with E-state index in [2.05, 4.69) is 4.72 Å². The molecule has 3 N–H and O–H groups in total. The molecule has 108 valence electrons. The molecule has 0 radical (unpaired) electrons. The lowest BCUT2D eigenvalue weighted by atomic mass is 10.3. The van der Waals surface area contributed by atoms with Gasteiger partial charge >= 0.3 is 0 Å². The van der Waals surface area contributed by atoms with Crippen LogP contribution in [0.1, 0.15) is 12.8 Å². The van der Waals surface area contributed by atoms with Crippen LogP contribution in [-0.2, 0) is 14.8 Å². The molecular weight excluding hydrogens is 311 g/mol. The Morgan fingerprint density at radius 1 is 1.32 bits per heavy atom. The van der Waals surface area contributed by atoms with Gasteiger partial charge in [0, 0.05) is 20.3 Å². The molecule has 0 saturated heterocycles. The molecular formula is C11H16Cl2N2O3S. The second kappa shape index (κ2) is 7.31. The number of hydrogen-bond donors (Lipinski definition) is 2. The number of rotatable bonds is 7. The van der Waals surface area contributed by atoms with Crippen molar-refractivity contribution in [1.82, 2.24) is 4.72 Å². The first-order valence-electron chi connectivity index (χ1n) is 5.62. The first-order valence-corrected chi connectivity index (χ1v) is 7.86. The van der Waals surface area contributed by atoms with Crippen molar-refractivity contribution in [1.29, 1.82) is 0 Å². The number of anilines is 1. The summed E-state index contributed by atoms with van der Waals surface area (Å²) < 4.78 is 31.4. The summed E-state index contributed by atoms with van der Waals surface area (Å²) in [4.78, 5) is -0.0668. The van der Waals surface area contributed by atoms with Gasteiger partial charge in [-0.05, 0) is 25.0 Å². The Labute approximate surface area is 123 Å². The van der Waals surface area contributed by atoms with E-state index in [-0.39, 0.29) is 20.6 Å². The van der Waals surface area contributed by atoms with Crippen LogP contribution in [0.3, 0.4) is 0 Å². The molecule has 0 spiro atoms. The summed E-state index contributed by atoms with van der Waals surface area (Å²) in [6, 6.07) is 2.74. The van der Waals surface area contributed by atoms with Crippen LogP contribution in [0.15, 0.2) is 17.0 Å². The minimum absolute atomic E-state index is 0.0584. The molecule has 0 aliphatic heterocycles. The Balaban J connectivity index is 2.75. The molecule has 0 aromatic heterocycles. The quantitative estimate of drug-likeness (QED) is 0.595. The number of nitrogens with two attached hydrogens (primary N) is 1. The molecule has 1 rings (SSSR count). The molecule has 0 amide bonds. The molecule has 1 aromatic carbocycles. The van der Waals surface area contributed by atoms with Gasteiger partial charge in [0.15, 0.2) is 0 Å². The fourth-order valence-electron chi connectivity index (χ4n) is 1.41.